The minimum atomic E-state index is -0.234. The third kappa shape index (κ3) is 6.05. The second-order valence-electron chi connectivity index (χ2n) is 3.84. The van der Waals surface area contributed by atoms with Crippen molar-refractivity contribution in [2.24, 2.45) is 5.73 Å². The minimum Gasteiger partial charge on any atom is -0.370 e. The molecule has 0 spiro atoms. The van der Waals surface area contributed by atoms with Crippen molar-refractivity contribution in [1.29, 1.82) is 0 Å². The number of nitrogens with one attached hydrogen (secondary N) is 1. The quantitative estimate of drug-likeness (QED) is 0.759. The van der Waals surface area contributed by atoms with Crippen LogP contribution < -0.4 is 11.1 Å². The number of primary amides is 1. The van der Waals surface area contributed by atoms with E-state index in [1.807, 2.05) is 18.2 Å². The smallest absolute Gasteiger partial charge is 0.217 e. The third-order valence-corrected chi connectivity index (χ3v) is 3.36. The van der Waals surface area contributed by atoms with Crippen LogP contribution in [0.25, 0.3) is 0 Å². The molecule has 0 atom stereocenters. The van der Waals surface area contributed by atoms with Gasteiger partial charge in [-0.2, -0.15) is 0 Å². The molecule has 0 radical (unpaired) electrons. The average Bonchev–Trinajstić information content (AvgIpc) is 2.27. The lowest BCUT2D eigenvalue weighted by Crippen LogP contribution is -2.16. The van der Waals surface area contributed by atoms with Crippen LogP contribution in [-0.4, -0.2) is 12.5 Å². The van der Waals surface area contributed by atoms with Crippen LogP contribution in [0.5, 0.6) is 0 Å². The molecule has 0 aromatic heterocycles. The summed E-state index contributed by atoms with van der Waals surface area (Å²) in [6, 6.07) is 5.72. The highest BCUT2D eigenvalue weighted by molar-refractivity contribution is 9.10. The highest BCUT2D eigenvalue weighted by atomic mass is 79.9. The van der Waals surface area contributed by atoms with Gasteiger partial charge in [0.25, 0.3) is 0 Å². The number of halogens is 2. The van der Waals surface area contributed by atoms with Crippen LogP contribution in [0.3, 0.4) is 0 Å². The first-order valence-electron chi connectivity index (χ1n) is 5.52. The Hall–Kier alpha value is -0.580. The number of benzene rings is 1. The van der Waals surface area contributed by atoms with Crippen LogP contribution in [0.2, 0.25) is 5.02 Å². The first-order chi connectivity index (χ1) is 8.09. The molecule has 0 heterocycles. The molecule has 17 heavy (non-hydrogen) atoms. The van der Waals surface area contributed by atoms with E-state index in [1.54, 1.807) is 0 Å². The fourth-order valence-electron chi connectivity index (χ4n) is 1.45. The Morgan fingerprint density at radius 2 is 2.18 bits per heavy atom. The highest BCUT2D eigenvalue weighted by Gasteiger charge is 2.00. The van der Waals surface area contributed by atoms with E-state index in [-0.39, 0.29) is 5.91 Å². The second-order valence-corrected chi connectivity index (χ2v) is 5.13. The number of hydrogen-bond donors (Lipinski definition) is 2. The Morgan fingerprint density at radius 1 is 1.41 bits per heavy atom. The van der Waals surface area contributed by atoms with Gasteiger partial charge in [0.15, 0.2) is 0 Å². The molecule has 0 saturated heterocycles. The van der Waals surface area contributed by atoms with Gasteiger partial charge < -0.3 is 11.1 Å². The lowest BCUT2D eigenvalue weighted by molar-refractivity contribution is -0.118. The molecule has 5 heteroatoms. The summed E-state index contributed by atoms with van der Waals surface area (Å²) in [7, 11) is 0. The molecule has 0 saturated carbocycles. The molecule has 3 N–H and O–H groups in total. The molecule has 0 bridgehead atoms. The summed E-state index contributed by atoms with van der Waals surface area (Å²) in [6.45, 7) is 1.63. The Bertz CT molecular complexity index is 385. The summed E-state index contributed by atoms with van der Waals surface area (Å²) in [5, 5.41) is 4.04. The average molecular weight is 320 g/mol. The maximum absolute atomic E-state index is 10.5. The van der Waals surface area contributed by atoms with Crippen molar-refractivity contribution < 1.29 is 4.79 Å². The number of unbranched alkanes of at least 4 members (excludes halogenated alkanes) is 1. The predicted octanol–water partition coefficient (Wildman–Crippen LogP) is 2.85. The van der Waals surface area contributed by atoms with E-state index < -0.39 is 0 Å². The standard InChI is InChI=1S/C12H16BrClN2O/c13-11-5-4-10(14)7-9(11)8-16-6-2-1-3-12(15)17/h4-5,7,16H,1-3,6,8H2,(H2,15,17). The summed E-state index contributed by atoms with van der Waals surface area (Å²) < 4.78 is 1.05. The molecule has 0 aliphatic rings. The second kappa shape index (κ2) is 7.69. The minimum absolute atomic E-state index is 0.234. The fourth-order valence-corrected chi connectivity index (χ4v) is 2.03. The summed E-state index contributed by atoms with van der Waals surface area (Å²) >= 11 is 9.39. The highest BCUT2D eigenvalue weighted by Crippen LogP contribution is 2.20. The van der Waals surface area contributed by atoms with Crippen LogP contribution >= 0.6 is 27.5 Å². The molecule has 0 aliphatic heterocycles. The maximum atomic E-state index is 10.5. The molecule has 1 aromatic carbocycles. The first-order valence-corrected chi connectivity index (χ1v) is 6.69. The number of hydrogen-bond acceptors (Lipinski definition) is 2. The zero-order valence-corrected chi connectivity index (χ0v) is 11.9. The molecule has 0 aliphatic carbocycles. The van der Waals surface area contributed by atoms with Crippen molar-refractivity contribution in [2.45, 2.75) is 25.8 Å². The SMILES string of the molecule is NC(=O)CCCCNCc1cc(Cl)ccc1Br. The van der Waals surface area contributed by atoms with Crippen molar-refractivity contribution in [1.82, 2.24) is 5.32 Å². The van der Waals surface area contributed by atoms with Gasteiger partial charge in [0.1, 0.15) is 0 Å². The zero-order valence-electron chi connectivity index (χ0n) is 9.51. The van der Waals surface area contributed by atoms with E-state index in [1.165, 1.54) is 0 Å². The molecular weight excluding hydrogens is 304 g/mol. The molecule has 0 fully saturated rings. The summed E-state index contributed by atoms with van der Waals surface area (Å²) in [6.07, 6.45) is 2.24. The van der Waals surface area contributed by atoms with Crippen molar-refractivity contribution in [3.05, 3.63) is 33.3 Å². The van der Waals surface area contributed by atoms with Gasteiger partial charge in [0.2, 0.25) is 5.91 Å². The lowest BCUT2D eigenvalue weighted by atomic mass is 10.2. The van der Waals surface area contributed by atoms with Crippen LogP contribution in [0.1, 0.15) is 24.8 Å². The van der Waals surface area contributed by atoms with Gasteiger partial charge >= 0.3 is 0 Å². The largest absolute Gasteiger partial charge is 0.370 e. The molecule has 1 aromatic rings. The summed E-state index contributed by atoms with van der Waals surface area (Å²) in [4.78, 5) is 10.5. The van der Waals surface area contributed by atoms with Crippen molar-refractivity contribution in [3.63, 3.8) is 0 Å². The summed E-state index contributed by atoms with van der Waals surface area (Å²) in [5.74, 6) is -0.234. The van der Waals surface area contributed by atoms with Gasteiger partial charge in [0, 0.05) is 22.5 Å². The van der Waals surface area contributed by atoms with Crippen LogP contribution in [-0.2, 0) is 11.3 Å². The first kappa shape index (κ1) is 14.5. The molecule has 0 unspecified atom stereocenters. The van der Waals surface area contributed by atoms with Gasteiger partial charge in [-0.25, -0.2) is 0 Å². The van der Waals surface area contributed by atoms with E-state index in [0.717, 1.165) is 41.0 Å². The topological polar surface area (TPSA) is 55.1 Å². The Balaban J connectivity index is 2.22. The zero-order chi connectivity index (χ0) is 12.7. The van der Waals surface area contributed by atoms with Gasteiger partial charge in [0.05, 0.1) is 0 Å². The Kier molecular flexibility index (Phi) is 6.55. The molecule has 1 amide bonds. The van der Waals surface area contributed by atoms with Crippen LogP contribution in [0.15, 0.2) is 22.7 Å². The Morgan fingerprint density at radius 3 is 2.88 bits per heavy atom. The van der Waals surface area contributed by atoms with Gasteiger partial charge in [-0.3, -0.25) is 4.79 Å². The molecular formula is C12H16BrClN2O. The predicted molar refractivity (Wildman–Crippen MR) is 73.9 cm³/mol. The van der Waals surface area contributed by atoms with E-state index in [4.69, 9.17) is 17.3 Å². The molecule has 3 nitrogen and oxygen atoms in total. The summed E-state index contributed by atoms with van der Waals surface area (Å²) in [5.41, 5.74) is 6.19. The number of nitrogens with two attached hydrogens (primary N) is 1. The third-order valence-electron chi connectivity index (χ3n) is 2.35. The number of carbonyl (C=O) groups is 1. The van der Waals surface area contributed by atoms with E-state index in [0.29, 0.717) is 6.42 Å². The van der Waals surface area contributed by atoms with Crippen molar-refractivity contribution >= 4 is 33.4 Å². The van der Waals surface area contributed by atoms with Crippen molar-refractivity contribution in [2.75, 3.05) is 6.54 Å². The van der Waals surface area contributed by atoms with Crippen LogP contribution in [0.4, 0.5) is 0 Å². The van der Waals surface area contributed by atoms with Gasteiger partial charge in [-0.15, -0.1) is 0 Å². The number of rotatable bonds is 7. The maximum Gasteiger partial charge on any atom is 0.217 e. The monoisotopic (exact) mass is 318 g/mol. The molecule has 94 valence electrons. The van der Waals surface area contributed by atoms with Crippen molar-refractivity contribution in [3.8, 4) is 0 Å². The fraction of sp³-hybridized carbons (Fsp3) is 0.417. The van der Waals surface area contributed by atoms with E-state index in [9.17, 15) is 4.79 Å². The van der Waals surface area contributed by atoms with Crippen LogP contribution in [0, 0.1) is 0 Å². The number of amides is 1. The Labute approximate surface area is 115 Å². The van der Waals surface area contributed by atoms with E-state index >= 15 is 0 Å². The lowest BCUT2D eigenvalue weighted by Gasteiger charge is -2.07. The van der Waals surface area contributed by atoms with Gasteiger partial charge in [-0.1, -0.05) is 27.5 Å². The number of carbonyl (C=O) groups excluding carboxylic acids is 1. The molecule has 1 rings (SSSR count). The normalized spacial score (nSPS) is 10.5. The van der Waals surface area contributed by atoms with E-state index in [2.05, 4.69) is 21.2 Å². The van der Waals surface area contributed by atoms with Gasteiger partial charge in [-0.05, 0) is 43.1 Å².